The molecule has 5 nitrogen and oxygen atoms in total. The Balaban J connectivity index is 1.80. The first-order valence-corrected chi connectivity index (χ1v) is 8.43. The molecule has 0 saturated carbocycles. The molecule has 1 aliphatic rings. The number of nitrogens with one attached hydrogen (secondary N) is 1. The van der Waals surface area contributed by atoms with E-state index >= 15 is 0 Å². The monoisotopic (exact) mass is 311 g/mol. The average Bonchev–Trinajstić information content (AvgIpc) is 2.79. The Kier molecular flexibility index (Phi) is 5.72. The Labute approximate surface area is 130 Å². The minimum absolute atomic E-state index is 0.000874. The van der Waals surface area contributed by atoms with Crippen molar-refractivity contribution >= 4 is 17.2 Å². The number of ether oxygens (including phenoxy) is 1. The Bertz CT molecular complexity index is 479. The second-order valence-corrected chi connectivity index (χ2v) is 6.73. The quantitative estimate of drug-likeness (QED) is 0.902. The third kappa shape index (κ3) is 4.49. The third-order valence-corrected chi connectivity index (χ3v) is 4.86. The van der Waals surface area contributed by atoms with Crippen LogP contribution in [0.25, 0.3) is 0 Å². The fourth-order valence-corrected chi connectivity index (χ4v) is 3.61. The van der Waals surface area contributed by atoms with Gasteiger partial charge in [-0.15, -0.1) is 11.3 Å². The van der Waals surface area contributed by atoms with Crippen molar-refractivity contribution in [2.45, 2.75) is 46.3 Å². The normalized spacial score (nSPS) is 23.2. The van der Waals surface area contributed by atoms with Crippen LogP contribution in [0.4, 0.5) is 0 Å². The Morgan fingerprint density at radius 2 is 2.10 bits per heavy atom. The van der Waals surface area contributed by atoms with Gasteiger partial charge in [0.2, 0.25) is 0 Å². The van der Waals surface area contributed by atoms with Crippen LogP contribution in [0.1, 0.15) is 41.1 Å². The lowest BCUT2D eigenvalue weighted by Crippen LogP contribution is -2.47. The van der Waals surface area contributed by atoms with E-state index in [4.69, 9.17) is 4.74 Å². The number of aromatic nitrogens is 1. The van der Waals surface area contributed by atoms with Gasteiger partial charge in [0.1, 0.15) is 4.88 Å². The van der Waals surface area contributed by atoms with Crippen LogP contribution >= 0.6 is 11.3 Å². The van der Waals surface area contributed by atoms with Gasteiger partial charge in [0.05, 0.1) is 22.9 Å². The van der Waals surface area contributed by atoms with Crippen molar-refractivity contribution < 1.29 is 9.53 Å². The maximum atomic E-state index is 12.2. The summed E-state index contributed by atoms with van der Waals surface area (Å²) in [6.45, 7) is 11.5. The van der Waals surface area contributed by atoms with Gasteiger partial charge in [-0.1, -0.05) is 6.92 Å². The first-order valence-electron chi connectivity index (χ1n) is 7.62. The Hall–Kier alpha value is -0.980. The van der Waals surface area contributed by atoms with Gasteiger partial charge in [-0.05, 0) is 27.2 Å². The molecule has 6 heteroatoms. The van der Waals surface area contributed by atoms with Gasteiger partial charge in [-0.25, -0.2) is 4.98 Å². The summed E-state index contributed by atoms with van der Waals surface area (Å²) in [6.07, 6.45) is 1.41. The van der Waals surface area contributed by atoms with Gasteiger partial charge in [-0.3, -0.25) is 9.69 Å². The number of nitrogens with zero attached hydrogens (tertiary/aromatic N) is 2. The number of amides is 1. The van der Waals surface area contributed by atoms with Gasteiger partial charge >= 0.3 is 0 Å². The molecule has 0 spiro atoms. The molecule has 1 aromatic heterocycles. The van der Waals surface area contributed by atoms with Gasteiger partial charge in [0.25, 0.3) is 5.91 Å². The SMILES string of the molecule is CCc1nc(C)c(C(=O)NCCN2CC(C)OC(C)C2)s1. The van der Waals surface area contributed by atoms with Crippen molar-refractivity contribution in [1.29, 1.82) is 0 Å². The van der Waals surface area contributed by atoms with Crippen LogP contribution in [0.2, 0.25) is 0 Å². The summed E-state index contributed by atoms with van der Waals surface area (Å²) in [5.74, 6) is -0.000874. The molecule has 1 saturated heterocycles. The number of rotatable bonds is 5. The molecule has 1 fully saturated rings. The van der Waals surface area contributed by atoms with E-state index in [0.717, 1.165) is 41.6 Å². The number of hydrogen-bond donors (Lipinski definition) is 1. The lowest BCUT2D eigenvalue weighted by molar-refractivity contribution is -0.0672. The molecule has 1 N–H and O–H groups in total. The van der Waals surface area contributed by atoms with Crippen molar-refractivity contribution in [3.63, 3.8) is 0 Å². The fourth-order valence-electron chi connectivity index (χ4n) is 2.69. The van der Waals surface area contributed by atoms with Crippen LogP contribution in [0, 0.1) is 6.92 Å². The summed E-state index contributed by atoms with van der Waals surface area (Å²) in [5, 5.41) is 4.02. The highest BCUT2D eigenvalue weighted by molar-refractivity contribution is 7.13. The van der Waals surface area contributed by atoms with Crippen LogP contribution in [-0.2, 0) is 11.2 Å². The van der Waals surface area contributed by atoms with E-state index < -0.39 is 0 Å². The van der Waals surface area contributed by atoms with Crippen molar-refractivity contribution in [2.75, 3.05) is 26.2 Å². The van der Waals surface area contributed by atoms with Crippen molar-refractivity contribution in [1.82, 2.24) is 15.2 Å². The van der Waals surface area contributed by atoms with Gasteiger partial charge < -0.3 is 10.1 Å². The van der Waals surface area contributed by atoms with Crippen molar-refractivity contribution in [3.8, 4) is 0 Å². The number of hydrogen-bond acceptors (Lipinski definition) is 5. The first-order chi connectivity index (χ1) is 9.99. The molecule has 0 aromatic carbocycles. The number of carbonyl (C=O) groups excluding carboxylic acids is 1. The van der Waals surface area contributed by atoms with E-state index in [0.29, 0.717) is 6.54 Å². The summed E-state index contributed by atoms with van der Waals surface area (Å²) >= 11 is 1.50. The molecule has 0 bridgehead atoms. The zero-order valence-electron chi connectivity index (χ0n) is 13.3. The molecule has 2 unspecified atom stereocenters. The second kappa shape index (κ2) is 7.33. The molecular formula is C15H25N3O2S. The average molecular weight is 311 g/mol. The van der Waals surface area contributed by atoms with Crippen LogP contribution in [0.3, 0.4) is 0 Å². The van der Waals surface area contributed by atoms with E-state index in [9.17, 15) is 4.79 Å². The first kappa shape index (κ1) is 16.4. The summed E-state index contributed by atoms with van der Waals surface area (Å²) in [7, 11) is 0. The standard InChI is InChI=1S/C15H25N3O2S/c1-5-13-17-12(4)14(21-13)15(19)16-6-7-18-8-10(2)20-11(3)9-18/h10-11H,5-9H2,1-4H3,(H,16,19). The highest BCUT2D eigenvalue weighted by atomic mass is 32.1. The van der Waals surface area contributed by atoms with Crippen molar-refractivity contribution in [2.24, 2.45) is 0 Å². The second-order valence-electron chi connectivity index (χ2n) is 5.65. The number of thiazole rings is 1. The molecule has 21 heavy (non-hydrogen) atoms. The van der Waals surface area contributed by atoms with Crippen molar-refractivity contribution in [3.05, 3.63) is 15.6 Å². The van der Waals surface area contributed by atoms with E-state index in [-0.39, 0.29) is 18.1 Å². The molecule has 0 aliphatic carbocycles. The molecule has 1 amide bonds. The maximum absolute atomic E-state index is 12.2. The lowest BCUT2D eigenvalue weighted by atomic mass is 10.2. The highest BCUT2D eigenvalue weighted by Gasteiger charge is 2.22. The molecular weight excluding hydrogens is 286 g/mol. The van der Waals surface area contributed by atoms with Gasteiger partial charge in [0.15, 0.2) is 0 Å². The minimum Gasteiger partial charge on any atom is -0.373 e. The minimum atomic E-state index is -0.000874. The largest absolute Gasteiger partial charge is 0.373 e. The zero-order valence-corrected chi connectivity index (χ0v) is 14.1. The van der Waals surface area contributed by atoms with E-state index in [1.807, 2.05) is 6.92 Å². The topological polar surface area (TPSA) is 54.5 Å². The molecule has 1 aliphatic heterocycles. The molecule has 2 heterocycles. The van der Waals surface area contributed by atoms with Gasteiger partial charge in [-0.2, -0.15) is 0 Å². The summed E-state index contributed by atoms with van der Waals surface area (Å²) < 4.78 is 5.71. The predicted molar refractivity (Wildman–Crippen MR) is 85.0 cm³/mol. The summed E-state index contributed by atoms with van der Waals surface area (Å²) in [6, 6.07) is 0. The fraction of sp³-hybridized carbons (Fsp3) is 0.733. The van der Waals surface area contributed by atoms with Crippen LogP contribution in [-0.4, -0.2) is 54.2 Å². The van der Waals surface area contributed by atoms with E-state index in [1.165, 1.54) is 11.3 Å². The van der Waals surface area contributed by atoms with E-state index in [1.54, 1.807) is 0 Å². The lowest BCUT2D eigenvalue weighted by Gasteiger charge is -2.35. The smallest absolute Gasteiger partial charge is 0.263 e. The molecule has 118 valence electrons. The number of carbonyl (C=O) groups is 1. The summed E-state index contributed by atoms with van der Waals surface area (Å²) in [5.41, 5.74) is 0.836. The van der Waals surface area contributed by atoms with Crippen LogP contribution in [0.15, 0.2) is 0 Å². The summed E-state index contributed by atoms with van der Waals surface area (Å²) in [4.78, 5) is 19.7. The van der Waals surface area contributed by atoms with E-state index in [2.05, 4.69) is 36.0 Å². The molecule has 2 atom stereocenters. The predicted octanol–water partition coefficient (Wildman–Crippen LogP) is 1.85. The number of aryl methyl sites for hydroxylation is 2. The van der Waals surface area contributed by atoms with Crippen LogP contribution in [0.5, 0.6) is 0 Å². The molecule has 0 radical (unpaired) electrons. The highest BCUT2D eigenvalue weighted by Crippen LogP contribution is 2.18. The zero-order chi connectivity index (χ0) is 15.4. The van der Waals surface area contributed by atoms with Gasteiger partial charge in [0, 0.05) is 26.2 Å². The maximum Gasteiger partial charge on any atom is 0.263 e. The number of morpholine rings is 1. The third-order valence-electron chi connectivity index (χ3n) is 3.56. The molecule has 2 rings (SSSR count). The molecule has 1 aromatic rings. The van der Waals surface area contributed by atoms with Crippen LogP contribution < -0.4 is 5.32 Å². The Morgan fingerprint density at radius 1 is 1.43 bits per heavy atom. The Morgan fingerprint density at radius 3 is 2.67 bits per heavy atom.